The van der Waals surface area contributed by atoms with Crippen LogP contribution in [0.5, 0.6) is 0 Å². The summed E-state index contributed by atoms with van der Waals surface area (Å²) in [6.45, 7) is 3.81. The van der Waals surface area contributed by atoms with E-state index in [1.54, 1.807) is 13.8 Å². The molecule has 7 nitrogen and oxygen atoms in total. The van der Waals surface area contributed by atoms with Gasteiger partial charge in [0.05, 0.1) is 19.6 Å². The summed E-state index contributed by atoms with van der Waals surface area (Å²) < 4.78 is 9.56. The number of hydrogen-bond donors (Lipinski definition) is 2. The Morgan fingerprint density at radius 3 is 2.50 bits per heavy atom. The molecular formula is C10H17N3O4S. The van der Waals surface area contributed by atoms with E-state index in [0.29, 0.717) is 0 Å². The van der Waals surface area contributed by atoms with Crippen LogP contribution in [-0.4, -0.2) is 36.5 Å². The normalized spacial score (nSPS) is 11.9. The molecule has 1 atom stereocenters. The summed E-state index contributed by atoms with van der Waals surface area (Å²) in [5.74, 6) is -1.89. The van der Waals surface area contributed by atoms with Crippen LogP contribution in [0.4, 0.5) is 0 Å². The third-order valence-electron chi connectivity index (χ3n) is 1.71. The molecule has 0 rings (SSSR count). The van der Waals surface area contributed by atoms with Gasteiger partial charge in [-0.05, 0) is 26.1 Å². The second kappa shape index (κ2) is 9.34. The Bertz CT molecular complexity index is 333. The van der Waals surface area contributed by atoms with Crippen molar-refractivity contribution in [3.8, 4) is 0 Å². The first-order valence-corrected chi connectivity index (χ1v) is 5.82. The van der Waals surface area contributed by atoms with Gasteiger partial charge in [-0.15, -0.1) is 0 Å². The van der Waals surface area contributed by atoms with E-state index in [2.05, 4.69) is 22.7 Å². The van der Waals surface area contributed by atoms with Crippen LogP contribution in [0.25, 0.3) is 0 Å². The Labute approximate surface area is 111 Å². The third-order valence-corrected chi connectivity index (χ3v) is 1.80. The molecule has 3 N–H and O–H groups in total. The van der Waals surface area contributed by atoms with E-state index in [0.717, 1.165) is 0 Å². The molecule has 0 heterocycles. The van der Waals surface area contributed by atoms with E-state index in [4.69, 9.17) is 15.2 Å². The molecule has 0 radical (unpaired) electrons. The van der Waals surface area contributed by atoms with Gasteiger partial charge in [0.15, 0.2) is 5.11 Å². The lowest BCUT2D eigenvalue weighted by Gasteiger charge is -2.10. The Balaban J connectivity index is 4.51. The predicted molar refractivity (Wildman–Crippen MR) is 69.8 cm³/mol. The standard InChI is InChI=1S/C10H17N3O4S/c1-3-16-8(14)5-7(9(15)17-4-2)6-12-13-10(11)18/h6-7H,3-5H2,1-2H3,(H3,11,13,18)/b12-6-. The van der Waals surface area contributed by atoms with Crippen molar-refractivity contribution in [1.29, 1.82) is 0 Å². The predicted octanol–water partition coefficient (Wildman–Crippen LogP) is -0.0621. The lowest BCUT2D eigenvalue weighted by Crippen LogP contribution is -2.27. The van der Waals surface area contributed by atoms with Crippen LogP contribution in [0.1, 0.15) is 20.3 Å². The fourth-order valence-corrected chi connectivity index (χ4v) is 1.09. The minimum Gasteiger partial charge on any atom is -0.466 e. The van der Waals surface area contributed by atoms with Crippen LogP contribution in [0.3, 0.4) is 0 Å². The van der Waals surface area contributed by atoms with Crippen molar-refractivity contribution in [2.24, 2.45) is 16.8 Å². The lowest BCUT2D eigenvalue weighted by atomic mass is 10.1. The highest BCUT2D eigenvalue weighted by Gasteiger charge is 2.22. The summed E-state index contributed by atoms with van der Waals surface area (Å²) >= 11 is 4.54. The molecule has 0 aliphatic heterocycles. The van der Waals surface area contributed by atoms with Gasteiger partial charge in [-0.1, -0.05) is 0 Å². The molecule has 0 aromatic rings. The van der Waals surface area contributed by atoms with Crippen molar-refractivity contribution >= 4 is 35.5 Å². The highest BCUT2D eigenvalue weighted by molar-refractivity contribution is 7.80. The van der Waals surface area contributed by atoms with Gasteiger partial charge in [-0.3, -0.25) is 15.0 Å². The van der Waals surface area contributed by atoms with Gasteiger partial charge < -0.3 is 15.2 Å². The molecule has 0 aliphatic rings. The summed E-state index contributed by atoms with van der Waals surface area (Å²) in [6, 6.07) is 0. The number of nitrogens with two attached hydrogens (primary N) is 1. The topological polar surface area (TPSA) is 103 Å². The summed E-state index contributed by atoms with van der Waals surface area (Å²) in [5.41, 5.74) is 7.46. The minimum atomic E-state index is -0.828. The van der Waals surface area contributed by atoms with E-state index in [-0.39, 0.29) is 24.7 Å². The highest BCUT2D eigenvalue weighted by Crippen LogP contribution is 2.05. The molecule has 0 spiro atoms. The average Bonchev–Trinajstić information content (AvgIpc) is 2.28. The lowest BCUT2D eigenvalue weighted by molar-refractivity contribution is -0.152. The van der Waals surface area contributed by atoms with E-state index >= 15 is 0 Å². The molecule has 1 unspecified atom stereocenters. The molecular weight excluding hydrogens is 258 g/mol. The van der Waals surface area contributed by atoms with Crippen molar-refractivity contribution < 1.29 is 19.1 Å². The molecule has 0 fully saturated rings. The zero-order valence-electron chi connectivity index (χ0n) is 10.3. The van der Waals surface area contributed by atoms with Crippen LogP contribution in [0.15, 0.2) is 5.10 Å². The van der Waals surface area contributed by atoms with Gasteiger partial charge in [0.2, 0.25) is 0 Å². The number of hydrogen-bond acceptors (Lipinski definition) is 6. The summed E-state index contributed by atoms with van der Waals surface area (Å²) in [4.78, 5) is 22.8. The van der Waals surface area contributed by atoms with Crippen molar-refractivity contribution in [2.45, 2.75) is 20.3 Å². The van der Waals surface area contributed by atoms with Crippen molar-refractivity contribution in [3.05, 3.63) is 0 Å². The largest absolute Gasteiger partial charge is 0.466 e. The van der Waals surface area contributed by atoms with Gasteiger partial charge in [0, 0.05) is 6.21 Å². The Kier molecular flexibility index (Phi) is 8.46. The zero-order valence-corrected chi connectivity index (χ0v) is 11.2. The van der Waals surface area contributed by atoms with Crippen molar-refractivity contribution in [1.82, 2.24) is 5.43 Å². The molecule has 8 heteroatoms. The number of esters is 2. The second-order valence-corrected chi connectivity index (χ2v) is 3.56. The number of nitrogens with zero attached hydrogens (tertiary/aromatic N) is 1. The van der Waals surface area contributed by atoms with Gasteiger partial charge in [-0.2, -0.15) is 5.10 Å². The van der Waals surface area contributed by atoms with Crippen LogP contribution in [0.2, 0.25) is 0 Å². The van der Waals surface area contributed by atoms with Crippen molar-refractivity contribution in [3.63, 3.8) is 0 Å². The maximum atomic E-state index is 11.5. The highest BCUT2D eigenvalue weighted by atomic mass is 32.1. The van der Waals surface area contributed by atoms with Crippen LogP contribution in [-0.2, 0) is 19.1 Å². The first-order valence-electron chi connectivity index (χ1n) is 5.42. The molecule has 0 aromatic heterocycles. The second-order valence-electron chi connectivity index (χ2n) is 3.12. The summed E-state index contributed by atoms with van der Waals surface area (Å²) in [7, 11) is 0. The van der Waals surface area contributed by atoms with Crippen molar-refractivity contribution in [2.75, 3.05) is 13.2 Å². The number of nitrogens with one attached hydrogen (secondary N) is 1. The molecule has 0 aromatic carbocycles. The maximum Gasteiger partial charge on any atom is 0.315 e. The molecule has 102 valence electrons. The van der Waals surface area contributed by atoms with Crippen LogP contribution >= 0.6 is 12.2 Å². The zero-order chi connectivity index (χ0) is 14.0. The minimum absolute atomic E-state index is 0.0370. The monoisotopic (exact) mass is 275 g/mol. The molecule has 0 saturated heterocycles. The number of thiocarbonyl (C=S) groups is 1. The number of ether oxygens (including phenoxy) is 2. The average molecular weight is 275 g/mol. The van der Waals surface area contributed by atoms with E-state index in [1.165, 1.54) is 6.21 Å². The number of carbonyl (C=O) groups is 2. The molecule has 0 saturated carbocycles. The van der Waals surface area contributed by atoms with Gasteiger partial charge in [-0.25, -0.2) is 0 Å². The number of rotatable bonds is 7. The quantitative estimate of drug-likeness (QED) is 0.290. The number of hydrazone groups is 1. The Morgan fingerprint density at radius 2 is 2.00 bits per heavy atom. The van der Waals surface area contributed by atoms with E-state index < -0.39 is 17.9 Å². The first kappa shape index (κ1) is 16.3. The summed E-state index contributed by atoms with van der Waals surface area (Å²) in [5, 5.41) is 3.60. The smallest absolute Gasteiger partial charge is 0.315 e. The molecule has 0 aliphatic carbocycles. The van der Waals surface area contributed by atoms with E-state index in [9.17, 15) is 9.59 Å². The number of carbonyl (C=O) groups excluding carboxylic acids is 2. The Morgan fingerprint density at radius 1 is 1.39 bits per heavy atom. The SMILES string of the molecule is CCOC(=O)CC(/C=N\NC(N)=S)C(=O)OCC. The molecule has 0 amide bonds. The van der Waals surface area contributed by atoms with Gasteiger partial charge >= 0.3 is 11.9 Å². The molecule has 18 heavy (non-hydrogen) atoms. The molecule has 0 bridgehead atoms. The summed E-state index contributed by atoms with van der Waals surface area (Å²) in [6.07, 6.45) is 1.07. The fourth-order valence-electron chi connectivity index (χ4n) is 1.04. The fraction of sp³-hybridized carbons (Fsp3) is 0.600. The van der Waals surface area contributed by atoms with Crippen LogP contribution in [0, 0.1) is 5.92 Å². The van der Waals surface area contributed by atoms with Crippen LogP contribution < -0.4 is 11.2 Å². The van der Waals surface area contributed by atoms with E-state index in [1.807, 2.05) is 0 Å². The Hall–Kier alpha value is -1.70. The maximum absolute atomic E-state index is 11.5. The third kappa shape index (κ3) is 7.55. The first-order chi connectivity index (χ1) is 8.51. The van der Waals surface area contributed by atoms with Gasteiger partial charge in [0.1, 0.15) is 5.92 Å². The van der Waals surface area contributed by atoms with Gasteiger partial charge in [0.25, 0.3) is 0 Å².